The Bertz CT molecular complexity index is 684. The van der Waals surface area contributed by atoms with Crippen LogP contribution in [0.25, 0.3) is 0 Å². The maximum atomic E-state index is 12.0. The molecule has 0 saturated heterocycles. The van der Waals surface area contributed by atoms with Crippen molar-refractivity contribution in [3.05, 3.63) is 54.9 Å². The molecule has 2 aromatic rings. The standard InChI is InChI=1S/C14H10Br2Cl2N2O/c1-7-4-8(15)5-10(16)13(7)20-14(21)19-9-2-3-11(17)12(18)6-9/h2-6H,1H3,(H2,19,20,21). The normalized spacial score (nSPS) is 10.3. The van der Waals surface area contributed by atoms with E-state index >= 15 is 0 Å². The van der Waals surface area contributed by atoms with Crippen molar-refractivity contribution >= 4 is 72.5 Å². The first-order chi connectivity index (χ1) is 9.86. The van der Waals surface area contributed by atoms with Crippen molar-refractivity contribution in [1.82, 2.24) is 0 Å². The third-order valence-electron chi connectivity index (χ3n) is 2.67. The number of amides is 2. The van der Waals surface area contributed by atoms with E-state index in [0.717, 1.165) is 14.5 Å². The number of carbonyl (C=O) groups is 1. The number of benzene rings is 2. The Hall–Kier alpha value is -0.750. The summed E-state index contributed by atoms with van der Waals surface area (Å²) in [5, 5.41) is 6.32. The van der Waals surface area contributed by atoms with E-state index in [0.29, 0.717) is 21.4 Å². The summed E-state index contributed by atoms with van der Waals surface area (Å²) in [4.78, 5) is 12.0. The summed E-state index contributed by atoms with van der Waals surface area (Å²) in [5.74, 6) is 0. The fraction of sp³-hybridized carbons (Fsp3) is 0.0714. The van der Waals surface area contributed by atoms with Crippen molar-refractivity contribution < 1.29 is 4.79 Å². The molecule has 0 aliphatic carbocycles. The molecule has 0 heterocycles. The molecular weight excluding hydrogens is 443 g/mol. The Labute approximate surface area is 149 Å². The van der Waals surface area contributed by atoms with E-state index in [4.69, 9.17) is 23.2 Å². The van der Waals surface area contributed by atoms with Crippen LogP contribution in [0.4, 0.5) is 16.2 Å². The van der Waals surface area contributed by atoms with E-state index in [9.17, 15) is 4.79 Å². The number of nitrogens with one attached hydrogen (secondary N) is 2. The molecule has 0 saturated carbocycles. The van der Waals surface area contributed by atoms with Crippen LogP contribution in [0.5, 0.6) is 0 Å². The van der Waals surface area contributed by atoms with Gasteiger partial charge in [-0.1, -0.05) is 39.1 Å². The number of carbonyl (C=O) groups excluding carboxylic acids is 1. The average Bonchev–Trinajstić information content (AvgIpc) is 2.38. The molecule has 2 N–H and O–H groups in total. The highest BCUT2D eigenvalue weighted by Gasteiger charge is 2.10. The van der Waals surface area contributed by atoms with E-state index in [1.165, 1.54) is 0 Å². The highest BCUT2D eigenvalue weighted by molar-refractivity contribution is 9.11. The zero-order valence-corrected chi connectivity index (χ0v) is 15.5. The van der Waals surface area contributed by atoms with Crippen molar-refractivity contribution in [2.45, 2.75) is 6.92 Å². The van der Waals surface area contributed by atoms with Crippen LogP contribution in [0, 0.1) is 6.92 Å². The maximum absolute atomic E-state index is 12.0. The molecule has 0 fully saturated rings. The van der Waals surface area contributed by atoms with E-state index in [2.05, 4.69) is 42.5 Å². The largest absolute Gasteiger partial charge is 0.323 e. The van der Waals surface area contributed by atoms with Gasteiger partial charge in [-0.05, 0) is 58.7 Å². The summed E-state index contributed by atoms with van der Waals surface area (Å²) in [5.41, 5.74) is 2.20. The van der Waals surface area contributed by atoms with Gasteiger partial charge in [0.1, 0.15) is 0 Å². The quantitative estimate of drug-likeness (QED) is 0.538. The molecule has 0 aliphatic rings. The Morgan fingerprint density at radius 2 is 1.76 bits per heavy atom. The number of hydrogen-bond donors (Lipinski definition) is 2. The third kappa shape index (κ3) is 4.36. The average molecular weight is 453 g/mol. The molecule has 0 radical (unpaired) electrons. The van der Waals surface area contributed by atoms with Crippen LogP contribution in [0.3, 0.4) is 0 Å². The summed E-state index contributed by atoms with van der Waals surface area (Å²) in [6, 6.07) is 8.31. The molecule has 3 nitrogen and oxygen atoms in total. The Kier molecular flexibility index (Phi) is 5.54. The van der Waals surface area contributed by atoms with Gasteiger partial charge in [0.15, 0.2) is 0 Å². The second-order valence-electron chi connectivity index (χ2n) is 4.29. The molecule has 110 valence electrons. The predicted molar refractivity (Wildman–Crippen MR) is 95.7 cm³/mol. The number of halogens is 4. The number of hydrogen-bond acceptors (Lipinski definition) is 1. The van der Waals surface area contributed by atoms with Gasteiger partial charge in [-0.2, -0.15) is 0 Å². The van der Waals surface area contributed by atoms with Gasteiger partial charge in [-0.15, -0.1) is 0 Å². The minimum absolute atomic E-state index is 0.362. The third-order valence-corrected chi connectivity index (χ3v) is 4.49. The Morgan fingerprint density at radius 3 is 2.38 bits per heavy atom. The molecule has 2 rings (SSSR count). The first-order valence-electron chi connectivity index (χ1n) is 5.85. The monoisotopic (exact) mass is 450 g/mol. The molecule has 7 heteroatoms. The maximum Gasteiger partial charge on any atom is 0.323 e. The Morgan fingerprint density at radius 1 is 1.05 bits per heavy atom. The van der Waals surface area contributed by atoms with E-state index < -0.39 is 0 Å². The molecule has 0 aliphatic heterocycles. The molecule has 0 unspecified atom stereocenters. The fourth-order valence-corrected chi connectivity index (χ4v) is 3.55. The van der Waals surface area contributed by atoms with E-state index in [1.807, 2.05) is 19.1 Å². The van der Waals surface area contributed by atoms with Crippen molar-refractivity contribution in [3.8, 4) is 0 Å². The van der Waals surface area contributed by atoms with Crippen LogP contribution in [-0.4, -0.2) is 6.03 Å². The highest BCUT2D eigenvalue weighted by atomic mass is 79.9. The molecule has 2 aromatic carbocycles. The summed E-state index contributed by atoms with van der Waals surface area (Å²) in [6.45, 7) is 1.91. The van der Waals surface area contributed by atoms with Crippen LogP contribution in [0.2, 0.25) is 10.0 Å². The van der Waals surface area contributed by atoms with Crippen molar-refractivity contribution in [3.63, 3.8) is 0 Å². The molecule has 21 heavy (non-hydrogen) atoms. The van der Waals surface area contributed by atoms with Crippen molar-refractivity contribution in [2.24, 2.45) is 0 Å². The van der Waals surface area contributed by atoms with Gasteiger partial charge in [0.25, 0.3) is 0 Å². The van der Waals surface area contributed by atoms with Gasteiger partial charge in [0, 0.05) is 14.6 Å². The Balaban J connectivity index is 2.13. The van der Waals surface area contributed by atoms with Gasteiger partial charge < -0.3 is 10.6 Å². The van der Waals surface area contributed by atoms with Crippen molar-refractivity contribution in [1.29, 1.82) is 0 Å². The van der Waals surface area contributed by atoms with Gasteiger partial charge in [0.2, 0.25) is 0 Å². The lowest BCUT2D eigenvalue weighted by Crippen LogP contribution is -2.20. The van der Waals surface area contributed by atoms with E-state index in [1.54, 1.807) is 18.2 Å². The zero-order chi connectivity index (χ0) is 15.6. The molecule has 0 atom stereocenters. The van der Waals surface area contributed by atoms with Crippen molar-refractivity contribution in [2.75, 3.05) is 10.6 Å². The molecule has 2 amide bonds. The summed E-state index contributed by atoms with van der Waals surface area (Å²) in [6.07, 6.45) is 0. The summed E-state index contributed by atoms with van der Waals surface area (Å²) in [7, 11) is 0. The minimum Gasteiger partial charge on any atom is -0.308 e. The molecular formula is C14H10Br2Cl2N2O. The lowest BCUT2D eigenvalue weighted by molar-refractivity contribution is 0.262. The highest BCUT2D eigenvalue weighted by Crippen LogP contribution is 2.30. The fourth-order valence-electron chi connectivity index (χ4n) is 1.71. The van der Waals surface area contributed by atoms with Crippen LogP contribution >= 0.6 is 55.1 Å². The smallest absolute Gasteiger partial charge is 0.308 e. The minimum atomic E-state index is -0.362. The van der Waals surface area contributed by atoms with Gasteiger partial charge >= 0.3 is 6.03 Å². The second-order valence-corrected chi connectivity index (χ2v) is 6.87. The van der Waals surface area contributed by atoms with Gasteiger partial charge in [-0.25, -0.2) is 4.79 Å². The molecule has 0 aromatic heterocycles. The van der Waals surface area contributed by atoms with Crippen LogP contribution in [0.15, 0.2) is 39.3 Å². The van der Waals surface area contributed by atoms with Crippen LogP contribution < -0.4 is 10.6 Å². The lowest BCUT2D eigenvalue weighted by atomic mass is 10.2. The summed E-state index contributed by atoms with van der Waals surface area (Å²) >= 11 is 18.6. The number of aryl methyl sites for hydroxylation is 1. The summed E-state index contributed by atoms with van der Waals surface area (Å²) < 4.78 is 1.72. The zero-order valence-electron chi connectivity index (χ0n) is 10.8. The van der Waals surface area contributed by atoms with Gasteiger partial charge in [0.05, 0.1) is 15.7 Å². The number of urea groups is 1. The number of rotatable bonds is 2. The SMILES string of the molecule is Cc1cc(Br)cc(Br)c1NC(=O)Nc1ccc(Cl)c(Cl)c1. The van der Waals surface area contributed by atoms with E-state index in [-0.39, 0.29) is 6.03 Å². The molecule has 0 bridgehead atoms. The predicted octanol–water partition coefficient (Wildman–Crippen LogP) is 6.47. The second kappa shape index (κ2) is 7.01. The van der Waals surface area contributed by atoms with Gasteiger partial charge in [-0.3, -0.25) is 0 Å². The first kappa shape index (κ1) is 16.6. The molecule has 0 spiro atoms. The topological polar surface area (TPSA) is 41.1 Å². The first-order valence-corrected chi connectivity index (χ1v) is 8.19. The lowest BCUT2D eigenvalue weighted by Gasteiger charge is -2.12. The van der Waals surface area contributed by atoms with Crippen LogP contribution in [-0.2, 0) is 0 Å². The number of anilines is 2. The van der Waals surface area contributed by atoms with Crippen LogP contribution in [0.1, 0.15) is 5.56 Å².